The Morgan fingerprint density at radius 1 is 1.45 bits per heavy atom. The van der Waals surface area contributed by atoms with Gasteiger partial charge in [-0.1, -0.05) is 11.8 Å². The van der Waals surface area contributed by atoms with Crippen molar-refractivity contribution in [1.29, 1.82) is 0 Å². The Morgan fingerprint density at radius 2 is 2.15 bits per heavy atom. The number of aromatic nitrogens is 4. The van der Waals surface area contributed by atoms with Crippen LogP contribution >= 0.6 is 11.8 Å². The topological polar surface area (TPSA) is 72.7 Å². The third-order valence-electron chi connectivity index (χ3n) is 3.36. The minimum atomic E-state index is -0.274. The molecule has 0 radical (unpaired) electrons. The number of ketones is 1. The molecule has 0 saturated carbocycles. The molecule has 2 heterocycles. The van der Waals surface area contributed by atoms with E-state index in [0.717, 1.165) is 23.5 Å². The molecule has 0 saturated heterocycles. The van der Waals surface area contributed by atoms with Crippen LogP contribution in [0.3, 0.4) is 0 Å². The van der Waals surface area contributed by atoms with Gasteiger partial charge in [0.2, 0.25) is 0 Å². The van der Waals surface area contributed by atoms with Gasteiger partial charge in [-0.25, -0.2) is 9.89 Å². The summed E-state index contributed by atoms with van der Waals surface area (Å²) in [7, 11) is 1.63. The second-order valence-electron chi connectivity index (χ2n) is 4.61. The van der Waals surface area contributed by atoms with Crippen molar-refractivity contribution >= 4 is 17.5 Å². The van der Waals surface area contributed by atoms with Crippen LogP contribution in [0.25, 0.3) is 0 Å². The molecule has 0 spiro atoms. The van der Waals surface area contributed by atoms with Crippen molar-refractivity contribution in [2.24, 2.45) is 7.05 Å². The standard InChI is InChI=1S/C13H18N4O2S/c1-5-17-8(2)6-10(9(17)3)11(18)7-20-13-15-14-12(19)16(13)4/h6H,5,7H2,1-4H3,(H,14,19). The second-order valence-corrected chi connectivity index (χ2v) is 5.55. The predicted molar refractivity (Wildman–Crippen MR) is 78.5 cm³/mol. The van der Waals surface area contributed by atoms with Gasteiger partial charge in [0.15, 0.2) is 10.9 Å². The van der Waals surface area contributed by atoms with Crippen LogP contribution in [0.2, 0.25) is 0 Å². The van der Waals surface area contributed by atoms with Gasteiger partial charge in [0.1, 0.15) is 0 Å². The minimum Gasteiger partial charge on any atom is -0.349 e. The highest BCUT2D eigenvalue weighted by atomic mass is 32.2. The molecular weight excluding hydrogens is 276 g/mol. The van der Waals surface area contributed by atoms with Gasteiger partial charge in [-0.05, 0) is 26.8 Å². The molecule has 0 fully saturated rings. The first kappa shape index (κ1) is 14.6. The fourth-order valence-electron chi connectivity index (χ4n) is 2.24. The quantitative estimate of drug-likeness (QED) is 0.670. The highest BCUT2D eigenvalue weighted by Gasteiger charge is 2.16. The summed E-state index contributed by atoms with van der Waals surface area (Å²) < 4.78 is 3.51. The van der Waals surface area contributed by atoms with Crippen LogP contribution in [-0.2, 0) is 13.6 Å². The summed E-state index contributed by atoms with van der Waals surface area (Å²) in [5, 5.41) is 6.75. The van der Waals surface area contributed by atoms with Gasteiger partial charge in [0.25, 0.3) is 0 Å². The van der Waals surface area contributed by atoms with E-state index < -0.39 is 0 Å². The Labute approximate surface area is 121 Å². The van der Waals surface area contributed by atoms with Gasteiger partial charge in [-0.15, -0.1) is 5.10 Å². The van der Waals surface area contributed by atoms with E-state index in [1.54, 1.807) is 7.05 Å². The number of carbonyl (C=O) groups excluding carboxylic acids is 1. The molecule has 7 heteroatoms. The Balaban J connectivity index is 2.13. The van der Waals surface area contributed by atoms with E-state index in [1.165, 1.54) is 16.3 Å². The molecule has 0 aliphatic carbocycles. The molecule has 2 rings (SSSR count). The lowest BCUT2D eigenvalue weighted by Crippen LogP contribution is -2.13. The number of thioether (sulfide) groups is 1. The number of H-pyrrole nitrogens is 1. The molecule has 1 N–H and O–H groups in total. The van der Waals surface area contributed by atoms with E-state index in [-0.39, 0.29) is 17.2 Å². The number of carbonyl (C=O) groups is 1. The number of nitrogens with zero attached hydrogens (tertiary/aromatic N) is 3. The SMILES string of the molecule is CCn1c(C)cc(C(=O)CSc2n[nH]c(=O)n2C)c1C. The Morgan fingerprint density at radius 3 is 2.65 bits per heavy atom. The number of aromatic amines is 1. The molecule has 2 aromatic heterocycles. The summed E-state index contributed by atoms with van der Waals surface area (Å²) >= 11 is 1.26. The molecule has 0 aliphatic heterocycles. The van der Waals surface area contributed by atoms with Crippen LogP contribution in [0.1, 0.15) is 28.7 Å². The summed E-state index contributed by atoms with van der Waals surface area (Å²) in [6.45, 7) is 6.87. The molecule has 0 unspecified atom stereocenters. The normalized spacial score (nSPS) is 11.0. The van der Waals surface area contributed by atoms with Crippen LogP contribution < -0.4 is 5.69 Å². The number of hydrogen-bond donors (Lipinski definition) is 1. The maximum absolute atomic E-state index is 12.3. The summed E-state index contributed by atoms with van der Waals surface area (Å²) in [6.07, 6.45) is 0. The van der Waals surface area contributed by atoms with Crippen LogP contribution in [0.15, 0.2) is 16.0 Å². The van der Waals surface area contributed by atoms with Crippen molar-refractivity contribution in [3.05, 3.63) is 33.5 Å². The molecule has 0 bridgehead atoms. The average molecular weight is 294 g/mol. The maximum Gasteiger partial charge on any atom is 0.343 e. The van der Waals surface area contributed by atoms with Gasteiger partial charge in [0.05, 0.1) is 5.75 Å². The molecule has 0 atom stereocenters. The van der Waals surface area contributed by atoms with Crippen LogP contribution in [0, 0.1) is 13.8 Å². The fraction of sp³-hybridized carbons (Fsp3) is 0.462. The molecule has 2 aromatic rings. The zero-order chi connectivity index (χ0) is 14.9. The van der Waals surface area contributed by atoms with Gasteiger partial charge >= 0.3 is 5.69 Å². The number of rotatable bonds is 5. The van der Waals surface area contributed by atoms with E-state index in [1.807, 2.05) is 19.9 Å². The van der Waals surface area contributed by atoms with Gasteiger partial charge in [0, 0.05) is 30.5 Å². The van der Waals surface area contributed by atoms with E-state index in [4.69, 9.17) is 0 Å². The fourth-order valence-corrected chi connectivity index (χ4v) is 3.04. The second kappa shape index (κ2) is 5.70. The largest absolute Gasteiger partial charge is 0.349 e. The lowest BCUT2D eigenvalue weighted by molar-refractivity contribution is 0.102. The average Bonchev–Trinajstić information content (AvgIpc) is 2.88. The van der Waals surface area contributed by atoms with Crippen LogP contribution in [0.4, 0.5) is 0 Å². The Kier molecular flexibility index (Phi) is 4.17. The number of Topliss-reactive ketones (excluding diaryl/α,β-unsaturated/α-hetero) is 1. The molecule has 0 aliphatic rings. The predicted octanol–water partition coefficient (Wildman–Crippen LogP) is 1.52. The first-order valence-corrected chi connectivity index (χ1v) is 7.38. The maximum atomic E-state index is 12.3. The van der Waals surface area contributed by atoms with Crippen molar-refractivity contribution < 1.29 is 4.79 Å². The van der Waals surface area contributed by atoms with E-state index in [9.17, 15) is 9.59 Å². The number of aryl methyl sites for hydroxylation is 1. The first-order valence-electron chi connectivity index (χ1n) is 6.39. The highest BCUT2D eigenvalue weighted by Crippen LogP contribution is 2.19. The Hall–Kier alpha value is -1.76. The van der Waals surface area contributed by atoms with Crippen LogP contribution in [-0.4, -0.2) is 30.9 Å². The lowest BCUT2D eigenvalue weighted by Gasteiger charge is -2.05. The summed E-state index contributed by atoms with van der Waals surface area (Å²) in [6, 6.07) is 1.92. The number of nitrogens with one attached hydrogen (secondary N) is 1. The smallest absolute Gasteiger partial charge is 0.343 e. The summed E-state index contributed by atoms with van der Waals surface area (Å²) in [4.78, 5) is 23.5. The van der Waals surface area contributed by atoms with Crippen LogP contribution in [0.5, 0.6) is 0 Å². The molecule has 20 heavy (non-hydrogen) atoms. The van der Waals surface area contributed by atoms with E-state index >= 15 is 0 Å². The van der Waals surface area contributed by atoms with Crippen molar-refractivity contribution in [1.82, 2.24) is 19.3 Å². The molecular formula is C13H18N4O2S. The molecule has 108 valence electrons. The third kappa shape index (κ3) is 2.58. The van der Waals surface area contributed by atoms with Gasteiger partial charge in [-0.2, -0.15) is 0 Å². The molecule has 0 aromatic carbocycles. The van der Waals surface area contributed by atoms with Gasteiger partial charge < -0.3 is 4.57 Å². The van der Waals surface area contributed by atoms with Crippen molar-refractivity contribution in [3.63, 3.8) is 0 Å². The van der Waals surface area contributed by atoms with Crippen molar-refractivity contribution in [3.8, 4) is 0 Å². The molecule has 0 amide bonds. The van der Waals surface area contributed by atoms with Gasteiger partial charge in [-0.3, -0.25) is 9.36 Å². The summed E-state index contributed by atoms with van der Waals surface area (Å²) in [5.74, 6) is 0.324. The lowest BCUT2D eigenvalue weighted by atomic mass is 10.2. The zero-order valence-corrected chi connectivity index (χ0v) is 12.9. The minimum absolute atomic E-state index is 0.0539. The number of hydrogen-bond acceptors (Lipinski definition) is 4. The van der Waals surface area contributed by atoms with Crippen molar-refractivity contribution in [2.75, 3.05) is 5.75 Å². The van der Waals surface area contributed by atoms with E-state index in [2.05, 4.69) is 21.7 Å². The van der Waals surface area contributed by atoms with Crippen molar-refractivity contribution in [2.45, 2.75) is 32.5 Å². The van der Waals surface area contributed by atoms with E-state index in [0.29, 0.717) is 5.16 Å². The Bertz CT molecular complexity index is 696. The highest BCUT2D eigenvalue weighted by molar-refractivity contribution is 7.99. The summed E-state index contributed by atoms with van der Waals surface area (Å²) in [5.41, 5.74) is 2.55. The third-order valence-corrected chi connectivity index (χ3v) is 4.39. The molecule has 6 nitrogen and oxygen atoms in total. The first-order chi connectivity index (χ1) is 9.45. The zero-order valence-electron chi connectivity index (χ0n) is 12.1. The monoisotopic (exact) mass is 294 g/mol.